The van der Waals surface area contributed by atoms with Gasteiger partial charge in [0.25, 0.3) is 0 Å². The van der Waals surface area contributed by atoms with Gasteiger partial charge in [0.05, 0.1) is 0 Å². The molecule has 0 atom stereocenters. The van der Waals surface area contributed by atoms with E-state index in [-0.39, 0.29) is 5.91 Å². The normalized spacial score (nSPS) is 15.1. The summed E-state index contributed by atoms with van der Waals surface area (Å²) >= 11 is 6.04. The molecule has 0 saturated heterocycles. The van der Waals surface area contributed by atoms with Gasteiger partial charge in [-0.25, -0.2) is 0 Å². The predicted molar refractivity (Wildman–Crippen MR) is 70.1 cm³/mol. The Labute approximate surface area is 107 Å². The van der Waals surface area contributed by atoms with Crippen molar-refractivity contribution in [2.75, 3.05) is 0 Å². The second-order valence-electron chi connectivity index (χ2n) is 4.32. The van der Waals surface area contributed by atoms with E-state index in [9.17, 15) is 4.79 Å². The molecule has 1 aliphatic carbocycles. The quantitative estimate of drug-likeness (QED) is 0.799. The standard InChI is InChI=1S/C14H16ClNO/c15-13-7-3-1-5-11(13)6-2-4-8-14(17)16-12-9-10-12/h1,3-5,7-8,12H,2,6,9-10H2,(H,16,17). The molecule has 3 heteroatoms. The van der Waals surface area contributed by atoms with Crippen molar-refractivity contribution in [3.05, 3.63) is 47.0 Å². The molecule has 1 aliphatic rings. The molecule has 1 aromatic carbocycles. The Morgan fingerprint density at radius 3 is 2.88 bits per heavy atom. The third-order valence-electron chi connectivity index (χ3n) is 2.73. The number of carbonyl (C=O) groups excluding carboxylic acids is 1. The second kappa shape index (κ2) is 5.87. The number of hydrogen-bond donors (Lipinski definition) is 1. The highest BCUT2D eigenvalue weighted by atomic mass is 35.5. The van der Waals surface area contributed by atoms with Crippen LogP contribution in [0.15, 0.2) is 36.4 Å². The van der Waals surface area contributed by atoms with E-state index in [2.05, 4.69) is 5.32 Å². The molecule has 0 spiro atoms. The van der Waals surface area contributed by atoms with Crippen LogP contribution in [0.5, 0.6) is 0 Å². The minimum Gasteiger partial charge on any atom is -0.350 e. The van der Waals surface area contributed by atoms with Gasteiger partial charge in [-0.2, -0.15) is 0 Å². The lowest BCUT2D eigenvalue weighted by molar-refractivity contribution is -0.116. The average molecular weight is 250 g/mol. The molecule has 1 fully saturated rings. The third-order valence-corrected chi connectivity index (χ3v) is 3.10. The van der Waals surface area contributed by atoms with Crippen molar-refractivity contribution in [2.45, 2.75) is 31.7 Å². The van der Waals surface area contributed by atoms with E-state index >= 15 is 0 Å². The zero-order valence-electron chi connectivity index (χ0n) is 9.66. The van der Waals surface area contributed by atoms with Crippen molar-refractivity contribution in [1.82, 2.24) is 5.32 Å². The summed E-state index contributed by atoms with van der Waals surface area (Å²) in [5.74, 6) is 0.0201. The van der Waals surface area contributed by atoms with Crippen LogP contribution in [0.25, 0.3) is 0 Å². The summed E-state index contributed by atoms with van der Waals surface area (Å²) in [6.07, 6.45) is 7.48. The van der Waals surface area contributed by atoms with Crippen molar-refractivity contribution in [1.29, 1.82) is 0 Å². The monoisotopic (exact) mass is 249 g/mol. The smallest absolute Gasteiger partial charge is 0.243 e. The van der Waals surface area contributed by atoms with Crippen LogP contribution in [0.3, 0.4) is 0 Å². The summed E-state index contributed by atoms with van der Waals surface area (Å²) in [7, 11) is 0. The van der Waals surface area contributed by atoms with E-state index in [0.29, 0.717) is 6.04 Å². The van der Waals surface area contributed by atoms with Gasteiger partial charge in [-0.05, 0) is 43.4 Å². The molecule has 0 bridgehead atoms. The molecule has 0 aliphatic heterocycles. The number of rotatable bonds is 5. The van der Waals surface area contributed by atoms with E-state index in [1.54, 1.807) is 6.08 Å². The molecule has 1 N–H and O–H groups in total. The molecule has 0 radical (unpaired) electrons. The highest BCUT2D eigenvalue weighted by Crippen LogP contribution is 2.18. The Hall–Kier alpha value is -1.28. The van der Waals surface area contributed by atoms with E-state index in [4.69, 9.17) is 11.6 Å². The fourth-order valence-corrected chi connectivity index (χ4v) is 1.84. The molecule has 90 valence electrons. The van der Waals surface area contributed by atoms with Crippen LogP contribution in [-0.4, -0.2) is 11.9 Å². The fourth-order valence-electron chi connectivity index (χ4n) is 1.61. The predicted octanol–water partition coefficient (Wildman–Crippen LogP) is 3.11. The summed E-state index contributed by atoms with van der Waals surface area (Å²) in [5, 5.41) is 3.71. The topological polar surface area (TPSA) is 29.1 Å². The summed E-state index contributed by atoms with van der Waals surface area (Å²) in [6, 6.07) is 8.23. The van der Waals surface area contributed by atoms with Gasteiger partial charge in [0, 0.05) is 11.1 Å². The van der Waals surface area contributed by atoms with Crippen molar-refractivity contribution in [3.8, 4) is 0 Å². The fraction of sp³-hybridized carbons (Fsp3) is 0.357. The highest BCUT2D eigenvalue weighted by molar-refractivity contribution is 6.31. The number of allylic oxidation sites excluding steroid dienone is 1. The van der Waals surface area contributed by atoms with Gasteiger partial charge in [0.1, 0.15) is 0 Å². The van der Waals surface area contributed by atoms with E-state index in [1.165, 1.54) is 0 Å². The van der Waals surface area contributed by atoms with Gasteiger partial charge in [0.15, 0.2) is 0 Å². The molecule has 1 amide bonds. The zero-order chi connectivity index (χ0) is 12.1. The van der Waals surface area contributed by atoms with Gasteiger partial charge < -0.3 is 5.32 Å². The van der Waals surface area contributed by atoms with Crippen molar-refractivity contribution in [2.24, 2.45) is 0 Å². The first-order valence-corrected chi connectivity index (χ1v) is 6.34. The minimum atomic E-state index is 0.0201. The Morgan fingerprint density at radius 2 is 2.18 bits per heavy atom. The number of halogens is 1. The van der Waals surface area contributed by atoms with Gasteiger partial charge in [-0.15, -0.1) is 0 Å². The van der Waals surface area contributed by atoms with E-state index in [1.807, 2.05) is 30.3 Å². The first-order chi connectivity index (χ1) is 8.25. The first kappa shape index (κ1) is 12.2. The Kier molecular flexibility index (Phi) is 4.21. The maximum Gasteiger partial charge on any atom is 0.243 e. The molecule has 2 rings (SSSR count). The molecular formula is C14H16ClNO. The van der Waals surface area contributed by atoms with E-state index in [0.717, 1.165) is 36.3 Å². The van der Waals surface area contributed by atoms with Gasteiger partial charge in [-0.3, -0.25) is 4.79 Å². The number of amides is 1. The molecule has 2 nitrogen and oxygen atoms in total. The zero-order valence-corrected chi connectivity index (χ0v) is 10.4. The molecule has 1 aromatic rings. The summed E-state index contributed by atoms with van der Waals surface area (Å²) in [5.41, 5.74) is 1.13. The minimum absolute atomic E-state index is 0.0201. The van der Waals surface area contributed by atoms with Crippen LogP contribution in [-0.2, 0) is 11.2 Å². The van der Waals surface area contributed by atoms with Crippen LogP contribution in [0.2, 0.25) is 5.02 Å². The summed E-state index contributed by atoms with van der Waals surface area (Å²) in [4.78, 5) is 11.3. The van der Waals surface area contributed by atoms with Crippen LogP contribution in [0.4, 0.5) is 0 Å². The number of nitrogens with one attached hydrogen (secondary N) is 1. The van der Waals surface area contributed by atoms with Crippen molar-refractivity contribution in [3.63, 3.8) is 0 Å². The van der Waals surface area contributed by atoms with Crippen LogP contribution >= 0.6 is 11.6 Å². The number of benzene rings is 1. The maximum atomic E-state index is 11.3. The van der Waals surface area contributed by atoms with Crippen molar-refractivity contribution < 1.29 is 4.79 Å². The lowest BCUT2D eigenvalue weighted by Crippen LogP contribution is -2.22. The van der Waals surface area contributed by atoms with Crippen LogP contribution in [0.1, 0.15) is 24.8 Å². The first-order valence-electron chi connectivity index (χ1n) is 5.96. The molecule has 17 heavy (non-hydrogen) atoms. The lowest BCUT2D eigenvalue weighted by atomic mass is 10.1. The Balaban J connectivity index is 1.73. The summed E-state index contributed by atoms with van der Waals surface area (Å²) in [6.45, 7) is 0. The maximum absolute atomic E-state index is 11.3. The van der Waals surface area contributed by atoms with Gasteiger partial charge in [-0.1, -0.05) is 35.9 Å². The number of aryl methyl sites for hydroxylation is 1. The Morgan fingerprint density at radius 1 is 1.41 bits per heavy atom. The van der Waals surface area contributed by atoms with Crippen LogP contribution in [0, 0.1) is 0 Å². The van der Waals surface area contributed by atoms with Crippen LogP contribution < -0.4 is 5.32 Å². The molecule has 0 heterocycles. The molecule has 0 unspecified atom stereocenters. The third kappa shape index (κ3) is 4.23. The Bertz CT molecular complexity index is 424. The highest BCUT2D eigenvalue weighted by Gasteiger charge is 2.21. The molecule has 0 aromatic heterocycles. The van der Waals surface area contributed by atoms with E-state index < -0.39 is 0 Å². The lowest BCUT2D eigenvalue weighted by Gasteiger charge is -2.01. The molecule has 1 saturated carbocycles. The summed E-state index contributed by atoms with van der Waals surface area (Å²) < 4.78 is 0. The second-order valence-corrected chi connectivity index (χ2v) is 4.72. The number of hydrogen-bond acceptors (Lipinski definition) is 1. The SMILES string of the molecule is O=C(C=CCCc1ccccc1Cl)NC1CC1. The van der Waals surface area contributed by atoms with Gasteiger partial charge >= 0.3 is 0 Å². The largest absolute Gasteiger partial charge is 0.350 e. The average Bonchev–Trinajstić information content (AvgIpc) is 3.10. The molecular weight excluding hydrogens is 234 g/mol. The van der Waals surface area contributed by atoms with Crippen molar-refractivity contribution >= 4 is 17.5 Å². The van der Waals surface area contributed by atoms with Gasteiger partial charge in [0.2, 0.25) is 5.91 Å². The number of carbonyl (C=O) groups is 1.